The number of nitrogens with zero attached hydrogens (tertiary/aromatic N) is 2. The minimum Gasteiger partial charge on any atom is -0.310 e. The lowest BCUT2D eigenvalue weighted by Gasteiger charge is -2.36. The standard InChI is InChI=1S/C115H114N2/c1-9-13-17-22-31-81-43-55-89(56-44-81)114(90-57-45-82(46-58-90)32-23-18-14-10-2)105-73-79(5)41-67-96(105)98-69-65-94(77-107(98)114)116(95-66-70-99-97-68-42-80(6)74-106(97)115(108(99)78-95,91-59-47-83(48-60-91)33-24-19-15-11-3)92-61-49-84(50-62-92)34-25-20-16-12-4)93-63-51-86(52-64-93)88-54-72-110-102(76-88)101-75-87(85-35-26-21-27-36-85)53-71-109(101)117(110)111-40-30-39-104-112(111)100-37-28-29-38-103(100)113(104,7)8/h21,26-30,35-78H,9-20,22-25,31-34H2,1-8H3. The zero-order chi connectivity index (χ0) is 79.8. The summed E-state index contributed by atoms with van der Waals surface area (Å²) >= 11 is 0. The summed E-state index contributed by atoms with van der Waals surface area (Å²) in [7, 11) is 0. The van der Waals surface area contributed by atoms with Crippen molar-refractivity contribution in [2.45, 2.75) is 200 Å². The average molecular weight is 1520 g/mol. The molecule has 0 saturated carbocycles. The number of aryl methyl sites for hydroxylation is 6. The fourth-order valence-corrected chi connectivity index (χ4v) is 20.9. The molecule has 0 atom stereocenters. The van der Waals surface area contributed by atoms with Crippen molar-refractivity contribution >= 4 is 38.9 Å². The van der Waals surface area contributed by atoms with Gasteiger partial charge in [0.1, 0.15) is 0 Å². The molecule has 584 valence electrons. The third kappa shape index (κ3) is 13.9. The second-order valence-corrected chi connectivity index (χ2v) is 35.0. The maximum absolute atomic E-state index is 2.61. The van der Waals surface area contributed by atoms with Gasteiger partial charge in [-0.05, 0) is 260 Å². The molecule has 15 aromatic rings. The maximum atomic E-state index is 2.61. The molecule has 2 nitrogen and oxygen atoms in total. The fourth-order valence-electron chi connectivity index (χ4n) is 20.9. The van der Waals surface area contributed by atoms with Crippen molar-refractivity contribution < 1.29 is 0 Å². The van der Waals surface area contributed by atoms with Gasteiger partial charge < -0.3 is 9.47 Å². The van der Waals surface area contributed by atoms with Crippen molar-refractivity contribution in [2.75, 3.05) is 4.90 Å². The molecule has 0 fully saturated rings. The molecule has 3 aliphatic rings. The Hall–Kier alpha value is -11.3. The van der Waals surface area contributed by atoms with Gasteiger partial charge in [-0.2, -0.15) is 0 Å². The zero-order valence-corrected chi connectivity index (χ0v) is 70.4. The van der Waals surface area contributed by atoms with Gasteiger partial charge in [-0.1, -0.05) is 366 Å². The van der Waals surface area contributed by atoms with Crippen LogP contribution in [0.5, 0.6) is 0 Å². The highest BCUT2D eigenvalue weighted by Gasteiger charge is 2.49. The van der Waals surface area contributed by atoms with Crippen LogP contribution in [0.2, 0.25) is 0 Å². The van der Waals surface area contributed by atoms with Gasteiger partial charge in [0, 0.05) is 38.8 Å². The van der Waals surface area contributed by atoms with Crippen LogP contribution in [0.3, 0.4) is 0 Å². The second-order valence-electron chi connectivity index (χ2n) is 35.0. The molecule has 18 rings (SSSR count). The number of aromatic nitrogens is 1. The van der Waals surface area contributed by atoms with Gasteiger partial charge in [0.2, 0.25) is 0 Å². The van der Waals surface area contributed by atoms with Crippen LogP contribution < -0.4 is 4.90 Å². The molecule has 0 saturated heterocycles. The van der Waals surface area contributed by atoms with E-state index in [-0.39, 0.29) is 5.41 Å². The van der Waals surface area contributed by atoms with Gasteiger partial charge in [-0.15, -0.1) is 0 Å². The monoisotopic (exact) mass is 1520 g/mol. The van der Waals surface area contributed by atoms with Crippen molar-refractivity contribution in [3.63, 3.8) is 0 Å². The van der Waals surface area contributed by atoms with E-state index < -0.39 is 10.8 Å². The molecule has 0 aliphatic heterocycles. The van der Waals surface area contributed by atoms with Crippen molar-refractivity contribution in [3.8, 4) is 61.3 Å². The second kappa shape index (κ2) is 33.0. The van der Waals surface area contributed by atoms with E-state index in [2.05, 4.69) is 368 Å². The quantitative estimate of drug-likeness (QED) is 0.0407. The van der Waals surface area contributed by atoms with Gasteiger partial charge in [-0.25, -0.2) is 0 Å². The Labute approximate surface area is 697 Å². The van der Waals surface area contributed by atoms with E-state index in [1.165, 1.54) is 275 Å². The molecule has 0 amide bonds. The summed E-state index contributed by atoms with van der Waals surface area (Å²) in [5.74, 6) is 0. The van der Waals surface area contributed by atoms with Crippen LogP contribution in [-0.4, -0.2) is 4.57 Å². The lowest BCUT2D eigenvalue weighted by molar-refractivity contribution is 0.660. The van der Waals surface area contributed by atoms with E-state index in [0.717, 1.165) is 42.7 Å². The van der Waals surface area contributed by atoms with Crippen molar-refractivity contribution in [2.24, 2.45) is 0 Å². The lowest BCUT2D eigenvalue weighted by atomic mass is 9.67. The minimum atomic E-state index is -0.633. The predicted molar refractivity (Wildman–Crippen MR) is 499 cm³/mol. The Bertz CT molecular complexity index is 5750. The maximum Gasteiger partial charge on any atom is 0.0714 e. The summed E-state index contributed by atoms with van der Waals surface area (Å²) in [5.41, 5.74) is 39.6. The largest absolute Gasteiger partial charge is 0.310 e. The highest BCUT2D eigenvalue weighted by Crippen LogP contribution is 2.61. The number of unbranched alkanes of at least 4 members (excludes halogenated alkanes) is 12. The number of rotatable bonds is 30. The van der Waals surface area contributed by atoms with Crippen LogP contribution in [0.1, 0.15) is 233 Å². The summed E-state index contributed by atoms with van der Waals surface area (Å²) in [6.45, 7) is 18.6. The van der Waals surface area contributed by atoms with Crippen LogP contribution in [0, 0.1) is 13.8 Å². The van der Waals surface area contributed by atoms with Gasteiger partial charge in [0.15, 0.2) is 0 Å². The number of fused-ring (bicyclic) bond motifs is 12. The Morgan fingerprint density at radius 2 is 0.624 bits per heavy atom. The van der Waals surface area contributed by atoms with Crippen LogP contribution in [0.15, 0.2) is 303 Å². The van der Waals surface area contributed by atoms with Crippen molar-refractivity contribution in [1.29, 1.82) is 0 Å². The van der Waals surface area contributed by atoms with E-state index in [9.17, 15) is 0 Å². The lowest BCUT2D eigenvalue weighted by Crippen LogP contribution is -2.29. The summed E-state index contributed by atoms with van der Waals surface area (Å²) < 4.78 is 2.56. The molecule has 0 bridgehead atoms. The number of hydrogen-bond donors (Lipinski definition) is 0. The minimum absolute atomic E-state index is 0.137. The van der Waals surface area contributed by atoms with Crippen LogP contribution in [0.25, 0.3) is 83.1 Å². The topological polar surface area (TPSA) is 8.17 Å². The first-order valence-corrected chi connectivity index (χ1v) is 44.6. The van der Waals surface area contributed by atoms with E-state index in [1.807, 2.05) is 0 Å². The van der Waals surface area contributed by atoms with E-state index >= 15 is 0 Å². The molecule has 1 aromatic heterocycles. The molecular weight excluding hydrogens is 1410 g/mol. The SMILES string of the molecule is CCCCCCc1ccc(C2(c3ccc(CCCCCC)cc3)c3cc(C)ccc3-c3ccc(N(c4ccc(-c5ccc6c(c5)c5cc(-c7ccccc7)ccc5n6-c5cccc6c5-c5ccccc5C6(C)C)cc4)c4ccc5c(c4)C(c4ccc(CCCCCC)cc4)(c4ccc(CCCCCC)cc4)c4cc(C)ccc4-5)cc32)cc1. The van der Waals surface area contributed by atoms with Crippen LogP contribution >= 0.6 is 0 Å². The first-order valence-electron chi connectivity index (χ1n) is 44.6. The van der Waals surface area contributed by atoms with Crippen molar-refractivity contribution in [1.82, 2.24) is 4.57 Å². The molecule has 0 spiro atoms. The average Bonchev–Trinajstić information content (AvgIpc) is 1.55. The number of benzene rings is 14. The summed E-state index contributed by atoms with van der Waals surface area (Å²) in [6.07, 6.45) is 24.3. The molecule has 0 N–H and O–H groups in total. The molecule has 1 heterocycles. The van der Waals surface area contributed by atoms with Gasteiger partial charge >= 0.3 is 0 Å². The van der Waals surface area contributed by atoms with E-state index in [1.54, 1.807) is 0 Å². The Balaban J connectivity index is 0.841. The van der Waals surface area contributed by atoms with Crippen LogP contribution in [0.4, 0.5) is 17.1 Å². The Kier molecular flexibility index (Phi) is 21.7. The van der Waals surface area contributed by atoms with Gasteiger partial charge in [0.25, 0.3) is 0 Å². The smallest absolute Gasteiger partial charge is 0.0714 e. The predicted octanol–water partition coefficient (Wildman–Crippen LogP) is 31.7. The van der Waals surface area contributed by atoms with E-state index in [0.29, 0.717) is 0 Å². The normalized spacial score (nSPS) is 13.7. The first-order chi connectivity index (χ1) is 57.4. The molecule has 0 unspecified atom stereocenters. The van der Waals surface area contributed by atoms with Gasteiger partial charge in [-0.3, -0.25) is 0 Å². The molecule has 2 heteroatoms. The first kappa shape index (κ1) is 76.9. The number of hydrogen-bond acceptors (Lipinski definition) is 1. The zero-order valence-electron chi connectivity index (χ0n) is 70.4. The van der Waals surface area contributed by atoms with E-state index in [4.69, 9.17) is 0 Å². The summed E-state index contributed by atoms with van der Waals surface area (Å²) in [4.78, 5) is 2.61. The Morgan fingerprint density at radius 3 is 1.04 bits per heavy atom. The summed E-state index contributed by atoms with van der Waals surface area (Å²) in [5, 5.41) is 2.47. The highest BCUT2D eigenvalue weighted by atomic mass is 15.1. The van der Waals surface area contributed by atoms with Crippen LogP contribution in [-0.2, 0) is 41.9 Å². The highest BCUT2D eigenvalue weighted by molar-refractivity contribution is 6.12. The molecule has 0 radical (unpaired) electrons. The number of anilines is 3. The third-order valence-corrected chi connectivity index (χ3v) is 27.1. The van der Waals surface area contributed by atoms with Crippen molar-refractivity contribution in [3.05, 3.63) is 392 Å². The summed E-state index contributed by atoms with van der Waals surface area (Å²) in [6, 6.07) is 120. The van der Waals surface area contributed by atoms with Gasteiger partial charge in [0.05, 0.1) is 27.6 Å². The third-order valence-electron chi connectivity index (χ3n) is 27.1. The molecule has 117 heavy (non-hydrogen) atoms. The fraction of sp³-hybridized carbons (Fsp3) is 0.270. The Morgan fingerprint density at radius 1 is 0.265 bits per heavy atom. The molecular formula is C115H114N2. The molecule has 14 aromatic carbocycles. The molecule has 3 aliphatic carbocycles.